The second kappa shape index (κ2) is 6.02. The van der Waals surface area contributed by atoms with E-state index < -0.39 is 8.56 Å². The minimum absolute atomic E-state index is 0.0219. The van der Waals surface area contributed by atoms with E-state index in [1.165, 1.54) is 5.56 Å². The summed E-state index contributed by atoms with van der Waals surface area (Å²) in [5.41, 5.74) is 1.23. The predicted molar refractivity (Wildman–Crippen MR) is 63.4 cm³/mol. The summed E-state index contributed by atoms with van der Waals surface area (Å²) < 4.78 is 21.8. The molecule has 0 saturated carbocycles. The molecule has 0 unspecified atom stereocenters. The Morgan fingerprint density at radius 2 is 1.62 bits per heavy atom. The van der Waals surface area contributed by atoms with Crippen LogP contribution in [-0.2, 0) is 22.5 Å². The lowest BCUT2D eigenvalue weighted by Gasteiger charge is -2.27. The number of benzene rings is 1. The summed E-state index contributed by atoms with van der Waals surface area (Å²) in [4.78, 5) is 0. The van der Waals surface area contributed by atoms with Crippen molar-refractivity contribution in [3.8, 4) is 0 Å². The molecule has 0 bridgehead atoms. The van der Waals surface area contributed by atoms with Gasteiger partial charge in [0.1, 0.15) is 0 Å². The second-order valence-electron chi connectivity index (χ2n) is 3.45. The van der Waals surface area contributed by atoms with Crippen LogP contribution in [0.5, 0.6) is 0 Å². The molecule has 1 aliphatic heterocycles. The van der Waals surface area contributed by atoms with Gasteiger partial charge in [0.05, 0.1) is 0 Å². The molecule has 4 nitrogen and oxygen atoms in total. The van der Waals surface area contributed by atoms with Crippen LogP contribution in [0.1, 0.15) is 5.56 Å². The van der Waals surface area contributed by atoms with Crippen LogP contribution in [0.15, 0.2) is 30.3 Å². The molecule has 0 N–H and O–H groups in total. The second-order valence-corrected chi connectivity index (χ2v) is 9.84. The van der Waals surface area contributed by atoms with Gasteiger partial charge in [0, 0.05) is 6.04 Å². The molecule has 0 atom stereocenters. The normalized spacial score (nSPS) is 21.1. The van der Waals surface area contributed by atoms with E-state index in [1.54, 1.807) is 0 Å². The van der Waals surface area contributed by atoms with Gasteiger partial charge in [-0.2, -0.15) is 0 Å². The standard InChI is InChI=1S/C8H10O4Si4/c1-16(7-8-5-3-2-4-6-8)11-14-9-13-10-15-12-16/h2-6H,7H2,1H3. The topological polar surface area (TPSA) is 36.9 Å². The minimum Gasteiger partial charge on any atom is -0.414 e. The van der Waals surface area contributed by atoms with Gasteiger partial charge in [0.25, 0.3) is 0 Å². The third kappa shape index (κ3) is 3.75. The Kier molecular flexibility index (Phi) is 4.66. The smallest absolute Gasteiger partial charge is 0.413 e. The maximum Gasteiger partial charge on any atom is 0.413 e. The molecule has 0 aromatic heterocycles. The SMILES string of the molecule is C[Si]1(Cc2ccccc2)O[Si]O[Si]O[Si]O1. The van der Waals surface area contributed by atoms with Crippen LogP contribution in [-0.4, -0.2) is 38.6 Å². The van der Waals surface area contributed by atoms with Crippen molar-refractivity contribution in [2.24, 2.45) is 0 Å². The highest BCUT2D eigenvalue weighted by Gasteiger charge is 2.34. The zero-order chi connectivity index (χ0) is 11.3. The first-order valence-corrected chi connectivity index (χ1v) is 9.72. The zero-order valence-electron chi connectivity index (χ0n) is 8.73. The lowest BCUT2D eigenvalue weighted by molar-refractivity contribution is 0.309. The maximum absolute atomic E-state index is 5.73. The molecule has 1 aliphatic rings. The Balaban J connectivity index is 1.99. The van der Waals surface area contributed by atoms with Gasteiger partial charge in [0.2, 0.25) is 0 Å². The Bertz CT molecular complexity index is 315. The first-order chi connectivity index (χ1) is 7.79. The third-order valence-electron chi connectivity index (χ3n) is 2.05. The van der Waals surface area contributed by atoms with Gasteiger partial charge in [-0.1, -0.05) is 30.3 Å². The van der Waals surface area contributed by atoms with Crippen LogP contribution in [0.3, 0.4) is 0 Å². The fraction of sp³-hybridized carbons (Fsp3) is 0.250. The Labute approximate surface area is 104 Å². The fourth-order valence-corrected chi connectivity index (χ4v) is 6.74. The predicted octanol–water partition coefficient (Wildman–Crippen LogP) is 0.523. The maximum atomic E-state index is 5.73. The molecule has 2 rings (SSSR count). The molecule has 1 aromatic carbocycles. The van der Waals surface area contributed by atoms with Crippen molar-refractivity contribution < 1.29 is 16.5 Å². The van der Waals surface area contributed by atoms with Crippen molar-refractivity contribution in [3.05, 3.63) is 35.9 Å². The van der Waals surface area contributed by atoms with Gasteiger partial charge in [-0.3, -0.25) is 0 Å². The van der Waals surface area contributed by atoms with E-state index in [2.05, 4.69) is 12.1 Å². The van der Waals surface area contributed by atoms with Crippen LogP contribution >= 0.6 is 0 Å². The summed E-state index contributed by atoms with van der Waals surface area (Å²) in [5.74, 6) is 0. The van der Waals surface area contributed by atoms with Crippen molar-refractivity contribution in [2.45, 2.75) is 12.6 Å². The van der Waals surface area contributed by atoms with Crippen molar-refractivity contribution in [3.63, 3.8) is 0 Å². The first-order valence-electron chi connectivity index (χ1n) is 4.75. The van der Waals surface area contributed by atoms with Crippen molar-refractivity contribution >= 4 is 38.6 Å². The Morgan fingerprint density at radius 3 is 2.25 bits per heavy atom. The van der Waals surface area contributed by atoms with E-state index in [9.17, 15) is 0 Å². The lowest BCUT2D eigenvalue weighted by Crippen LogP contribution is -2.46. The van der Waals surface area contributed by atoms with Gasteiger partial charge in [-0.05, 0) is 12.1 Å². The lowest BCUT2D eigenvalue weighted by atomic mass is 10.2. The largest absolute Gasteiger partial charge is 0.414 e. The van der Waals surface area contributed by atoms with E-state index in [-0.39, 0.29) is 30.0 Å². The molecule has 1 heterocycles. The molecule has 1 aromatic rings. The molecule has 82 valence electrons. The molecule has 0 amide bonds. The van der Waals surface area contributed by atoms with Crippen LogP contribution in [0.4, 0.5) is 0 Å². The summed E-state index contributed by atoms with van der Waals surface area (Å²) in [6.07, 6.45) is 0. The van der Waals surface area contributed by atoms with Gasteiger partial charge in [-0.15, -0.1) is 0 Å². The van der Waals surface area contributed by atoms with E-state index in [1.807, 2.05) is 24.7 Å². The van der Waals surface area contributed by atoms with E-state index >= 15 is 0 Å². The molecule has 16 heavy (non-hydrogen) atoms. The fourth-order valence-electron chi connectivity index (χ4n) is 1.33. The van der Waals surface area contributed by atoms with Crippen LogP contribution in [0, 0.1) is 0 Å². The first kappa shape index (κ1) is 12.4. The van der Waals surface area contributed by atoms with Crippen LogP contribution in [0.25, 0.3) is 0 Å². The number of hydrogen-bond acceptors (Lipinski definition) is 4. The highest BCUT2D eigenvalue weighted by atomic mass is 28.5. The highest BCUT2D eigenvalue weighted by Crippen LogP contribution is 2.15. The van der Waals surface area contributed by atoms with Gasteiger partial charge < -0.3 is 16.5 Å². The molecule has 6 radical (unpaired) electrons. The van der Waals surface area contributed by atoms with Crippen LogP contribution in [0.2, 0.25) is 6.55 Å². The summed E-state index contributed by atoms with van der Waals surface area (Å²) in [7, 11) is -2.11. The van der Waals surface area contributed by atoms with E-state index in [0.29, 0.717) is 0 Å². The minimum atomic E-state index is -2.18. The van der Waals surface area contributed by atoms with Crippen molar-refractivity contribution in [1.82, 2.24) is 0 Å². The number of hydrogen-bond donors (Lipinski definition) is 0. The molecule has 8 heteroatoms. The zero-order valence-corrected chi connectivity index (χ0v) is 12.7. The van der Waals surface area contributed by atoms with E-state index in [0.717, 1.165) is 6.04 Å². The monoisotopic (exact) mass is 282 g/mol. The summed E-state index contributed by atoms with van der Waals surface area (Å²) in [6.45, 7) is 2.04. The molecule has 0 spiro atoms. The quantitative estimate of drug-likeness (QED) is 0.741. The summed E-state index contributed by atoms with van der Waals surface area (Å²) >= 11 is 0. The third-order valence-corrected chi connectivity index (χ3v) is 8.55. The Morgan fingerprint density at radius 1 is 1.00 bits per heavy atom. The molecular weight excluding hydrogens is 272 g/mol. The van der Waals surface area contributed by atoms with Gasteiger partial charge >= 0.3 is 38.6 Å². The van der Waals surface area contributed by atoms with E-state index in [4.69, 9.17) is 16.5 Å². The van der Waals surface area contributed by atoms with Gasteiger partial charge in [0.15, 0.2) is 0 Å². The van der Waals surface area contributed by atoms with Gasteiger partial charge in [-0.25, -0.2) is 0 Å². The Hall–Kier alpha value is -0.0725. The van der Waals surface area contributed by atoms with Crippen molar-refractivity contribution in [2.75, 3.05) is 0 Å². The molecular formula is C8H10O4Si4. The highest BCUT2D eigenvalue weighted by molar-refractivity contribution is 6.74. The summed E-state index contributed by atoms with van der Waals surface area (Å²) in [5, 5.41) is 0. The molecule has 1 saturated heterocycles. The average Bonchev–Trinajstić information content (AvgIpc) is 2.26. The molecule has 0 aliphatic carbocycles. The average molecular weight is 283 g/mol. The number of rotatable bonds is 2. The summed E-state index contributed by atoms with van der Waals surface area (Å²) in [6, 6.07) is 11.0. The van der Waals surface area contributed by atoms with Crippen LogP contribution < -0.4 is 0 Å². The van der Waals surface area contributed by atoms with Crippen molar-refractivity contribution in [1.29, 1.82) is 0 Å². The molecule has 1 fully saturated rings.